The first-order chi connectivity index (χ1) is 12.8. The van der Waals surface area contributed by atoms with Crippen molar-refractivity contribution in [3.63, 3.8) is 0 Å². The molecule has 1 amide bonds. The van der Waals surface area contributed by atoms with Gasteiger partial charge in [-0.15, -0.1) is 0 Å². The highest BCUT2D eigenvalue weighted by atomic mass is 32.2. The van der Waals surface area contributed by atoms with Crippen LogP contribution < -0.4 is 4.74 Å². The highest BCUT2D eigenvalue weighted by Crippen LogP contribution is 2.19. The molecule has 1 aliphatic heterocycles. The van der Waals surface area contributed by atoms with Gasteiger partial charge in [0.05, 0.1) is 18.1 Å². The van der Waals surface area contributed by atoms with Gasteiger partial charge in [0.2, 0.25) is 5.91 Å². The smallest absolute Gasteiger partial charge is 0.246 e. The van der Waals surface area contributed by atoms with Crippen LogP contribution in [-0.4, -0.2) is 75.5 Å². The molecule has 0 bridgehead atoms. The van der Waals surface area contributed by atoms with E-state index in [9.17, 15) is 13.2 Å². The molecule has 0 radical (unpaired) electrons. The summed E-state index contributed by atoms with van der Waals surface area (Å²) in [4.78, 5) is 16.5. The maximum Gasteiger partial charge on any atom is 0.246 e. The second kappa shape index (κ2) is 9.90. The van der Waals surface area contributed by atoms with Crippen molar-refractivity contribution in [2.24, 2.45) is 0 Å². The summed E-state index contributed by atoms with van der Waals surface area (Å²) in [6, 6.07) is 7.30. The molecular weight excluding hydrogens is 364 g/mol. The van der Waals surface area contributed by atoms with Gasteiger partial charge in [-0.25, -0.2) is 8.42 Å². The Labute approximate surface area is 162 Å². The van der Waals surface area contributed by atoms with E-state index in [0.29, 0.717) is 19.6 Å². The first-order valence-electron chi connectivity index (χ1n) is 9.37. The van der Waals surface area contributed by atoms with E-state index in [1.165, 1.54) is 6.08 Å². The van der Waals surface area contributed by atoms with E-state index in [0.717, 1.165) is 24.3 Å². The molecule has 0 saturated carbocycles. The third kappa shape index (κ3) is 6.99. The van der Waals surface area contributed by atoms with E-state index in [1.54, 1.807) is 11.0 Å². The summed E-state index contributed by atoms with van der Waals surface area (Å²) in [5.41, 5.74) is 0.902. The summed E-state index contributed by atoms with van der Waals surface area (Å²) in [6.45, 7) is 3.96. The number of nitrogens with zero attached hydrogens (tertiary/aromatic N) is 2. The van der Waals surface area contributed by atoms with Gasteiger partial charge in [-0.05, 0) is 64.2 Å². The molecule has 1 fully saturated rings. The molecule has 0 aromatic heterocycles. The van der Waals surface area contributed by atoms with Crippen LogP contribution >= 0.6 is 0 Å². The molecule has 0 spiro atoms. The number of hydrogen-bond acceptors (Lipinski definition) is 5. The van der Waals surface area contributed by atoms with Crippen LogP contribution in [0.15, 0.2) is 30.3 Å². The molecule has 27 heavy (non-hydrogen) atoms. The van der Waals surface area contributed by atoms with Crippen molar-refractivity contribution in [3.8, 4) is 5.75 Å². The molecule has 6 nitrogen and oxygen atoms in total. The second-order valence-corrected chi connectivity index (χ2v) is 9.31. The fourth-order valence-electron chi connectivity index (χ4n) is 3.16. The van der Waals surface area contributed by atoms with Gasteiger partial charge in [0.1, 0.15) is 5.75 Å². The summed E-state index contributed by atoms with van der Waals surface area (Å²) < 4.78 is 29.1. The minimum Gasteiger partial charge on any atom is -0.494 e. The molecule has 0 aliphatic carbocycles. The van der Waals surface area contributed by atoms with E-state index in [-0.39, 0.29) is 23.5 Å². The van der Waals surface area contributed by atoms with Crippen molar-refractivity contribution in [2.75, 3.05) is 45.3 Å². The fraction of sp³-hybridized carbons (Fsp3) is 0.550. The number of carbonyl (C=O) groups is 1. The van der Waals surface area contributed by atoms with E-state index >= 15 is 0 Å². The number of amides is 1. The molecule has 1 atom stereocenters. The van der Waals surface area contributed by atoms with Crippen LogP contribution in [0.25, 0.3) is 6.08 Å². The highest BCUT2D eigenvalue weighted by Gasteiger charge is 2.33. The van der Waals surface area contributed by atoms with E-state index in [1.807, 2.05) is 45.3 Å². The summed E-state index contributed by atoms with van der Waals surface area (Å²) in [5.74, 6) is 0.891. The van der Waals surface area contributed by atoms with Crippen LogP contribution in [0, 0.1) is 0 Å². The van der Waals surface area contributed by atoms with E-state index < -0.39 is 9.84 Å². The number of ether oxygens (including phenoxy) is 1. The quantitative estimate of drug-likeness (QED) is 0.600. The van der Waals surface area contributed by atoms with Gasteiger partial charge in [0.15, 0.2) is 9.84 Å². The lowest BCUT2D eigenvalue weighted by molar-refractivity contribution is -0.127. The maximum atomic E-state index is 12.8. The van der Waals surface area contributed by atoms with Crippen LogP contribution in [0.1, 0.15) is 25.3 Å². The van der Waals surface area contributed by atoms with Crippen LogP contribution in [0.2, 0.25) is 0 Å². The number of sulfone groups is 1. The first kappa shape index (κ1) is 21.4. The topological polar surface area (TPSA) is 66.9 Å². The minimum atomic E-state index is -3.04. The SMILES string of the molecule is CCOc1ccc(/C=C/C(=O)N(CCCN(C)C)C2CCS(=O)(=O)C2)cc1. The Bertz CT molecular complexity index is 742. The van der Waals surface area contributed by atoms with E-state index in [4.69, 9.17) is 4.74 Å². The summed E-state index contributed by atoms with van der Waals surface area (Å²) >= 11 is 0. The monoisotopic (exact) mass is 394 g/mol. The third-order valence-electron chi connectivity index (χ3n) is 4.55. The Morgan fingerprint density at radius 2 is 1.93 bits per heavy atom. The van der Waals surface area contributed by atoms with Crippen molar-refractivity contribution in [1.82, 2.24) is 9.80 Å². The zero-order valence-electron chi connectivity index (χ0n) is 16.4. The van der Waals surface area contributed by atoms with Crippen molar-refractivity contribution in [2.45, 2.75) is 25.8 Å². The molecule has 0 N–H and O–H groups in total. The molecule has 1 aromatic carbocycles. The van der Waals surface area contributed by atoms with Crippen LogP contribution in [0.3, 0.4) is 0 Å². The highest BCUT2D eigenvalue weighted by molar-refractivity contribution is 7.91. The van der Waals surface area contributed by atoms with Crippen LogP contribution in [0.4, 0.5) is 0 Å². The summed E-state index contributed by atoms with van der Waals surface area (Å²) in [7, 11) is 0.933. The number of hydrogen-bond donors (Lipinski definition) is 0. The Balaban J connectivity index is 2.05. The van der Waals surface area contributed by atoms with Gasteiger partial charge in [-0.3, -0.25) is 4.79 Å². The molecule has 2 rings (SSSR count). The summed E-state index contributed by atoms with van der Waals surface area (Å²) in [6.07, 6.45) is 4.63. The minimum absolute atomic E-state index is 0.0671. The third-order valence-corrected chi connectivity index (χ3v) is 6.30. The Hall–Kier alpha value is -1.86. The van der Waals surface area contributed by atoms with Gasteiger partial charge in [0.25, 0.3) is 0 Å². The van der Waals surface area contributed by atoms with Crippen molar-refractivity contribution >= 4 is 21.8 Å². The zero-order chi connectivity index (χ0) is 19.9. The van der Waals surface area contributed by atoms with Gasteiger partial charge < -0.3 is 14.5 Å². The second-order valence-electron chi connectivity index (χ2n) is 7.08. The maximum absolute atomic E-state index is 12.8. The zero-order valence-corrected chi connectivity index (χ0v) is 17.2. The normalized spacial score (nSPS) is 18.9. The fourth-order valence-corrected chi connectivity index (χ4v) is 4.89. The largest absolute Gasteiger partial charge is 0.494 e. The average Bonchev–Trinajstić information content (AvgIpc) is 2.97. The Kier molecular flexibility index (Phi) is 7.86. The Morgan fingerprint density at radius 1 is 1.22 bits per heavy atom. The van der Waals surface area contributed by atoms with Gasteiger partial charge >= 0.3 is 0 Å². The van der Waals surface area contributed by atoms with Crippen LogP contribution in [-0.2, 0) is 14.6 Å². The number of rotatable bonds is 9. The summed E-state index contributed by atoms with van der Waals surface area (Å²) in [5, 5.41) is 0. The predicted molar refractivity (Wildman–Crippen MR) is 109 cm³/mol. The van der Waals surface area contributed by atoms with Gasteiger partial charge in [0, 0.05) is 18.7 Å². The lowest BCUT2D eigenvalue weighted by Crippen LogP contribution is -2.41. The van der Waals surface area contributed by atoms with E-state index in [2.05, 4.69) is 4.90 Å². The van der Waals surface area contributed by atoms with Crippen molar-refractivity contribution in [3.05, 3.63) is 35.9 Å². The molecule has 1 saturated heterocycles. The standard InChI is InChI=1S/C20H30N2O4S/c1-4-26-19-9-6-17(7-10-19)8-11-20(23)22(14-5-13-21(2)3)18-12-15-27(24,25)16-18/h6-11,18H,4-5,12-16H2,1-3H3/b11-8+. The molecule has 1 heterocycles. The number of benzene rings is 1. The Morgan fingerprint density at radius 3 is 2.48 bits per heavy atom. The first-order valence-corrected chi connectivity index (χ1v) is 11.2. The van der Waals surface area contributed by atoms with Crippen molar-refractivity contribution < 1.29 is 17.9 Å². The lowest BCUT2D eigenvalue weighted by atomic mass is 10.1. The molecular formula is C20H30N2O4S. The molecule has 7 heteroatoms. The molecule has 150 valence electrons. The van der Waals surface area contributed by atoms with Gasteiger partial charge in [-0.1, -0.05) is 12.1 Å². The predicted octanol–water partition coefficient (Wildman–Crippen LogP) is 2.07. The average molecular weight is 395 g/mol. The van der Waals surface area contributed by atoms with Crippen LogP contribution in [0.5, 0.6) is 5.75 Å². The number of carbonyl (C=O) groups excluding carboxylic acids is 1. The van der Waals surface area contributed by atoms with Crippen molar-refractivity contribution in [1.29, 1.82) is 0 Å². The molecule has 1 aromatic rings. The van der Waals surface area contributed by atoms with Gasteiger partial charge in [-0.2, -0.15) is 0 Å². The lowest BCUT2D eigenvalue weighted by Gasteiger charge is -2.27. The molecule has 1 aliphatic rings. The molecule has 1 unspecified atom stereocenters.